The molecule has 1 aliphatic rings. The molecule has 1 atom stereocenters. The number of carbonyl (C=O) groups excluding carboxylic acids is 1. The number of hydrogen-bond donors (Lipinski definition) is 0. The molecule has 1 unspecified atom stereocenters. The molecule has 0 aliphatic carbocycles. The highest BCUT2D eigenvalue weighted by Crippen LogP contribution is 2.36. The van der Waals surface area contributed by atoms with Crippen LogP contribution in [0.4, 0.5) is 5.69 Å². The van der Waals surface area contributed by atoms with Crippen molar-refractivity contribution in [3.63, 3.8) is 0 Å². The summed E-state index contributed by atoms with van der Waals surface area (Å²) in [7, 11) is -3.35. The van der Waals surface area contributed by atoms with E-state index in [2.05, 4.69) is 0 Å². The fourth-order valence-electron chi connectivity index (χ4n) is 2.11. The number of sulfonamides is 1. The molecule has 0 aromatic heterocycles. The van der Waals surface area contributed by atoms with Gasteiger partial charge in [-0.3, -0.25) is 4.31 Å². The molecular formula is C13H17NO4S. The Morgan fingerprint density at radius 3 is 2.79 bits per heavy atom. The summed E-state index contributed by atoms with van der Waals surface area (Å²) in [6.07, 6.45) is 2.84. The number of ether oxygens (including phenoxy) is 1. The Balaban J connectivity index is 2.48. The minimum Gasteiger partial charge on any atom is -0.486 e. The van der Waals surface area contributed by atoms with E-state index in [1.165, 1.54) is 10.6 Å². The molecule has 104 valence electrons. The largest absolute Gasteiger partial charge is 0.486 e. The summed E-state index contributed by atoms with van der Waals surface area (Å²) in [4.78, 5) is 10.6. The van der Waals surface area contributed by atoms with Crippen molar-refractivity contribution in [3.05, 3.63) is 23.8 Å². The highest BCUT2D eigenvalue weighted by Gasteiger charge is 2.30. The molecule has 0 fully saturated rings. The van der Waals surface area contributed by atoms with Crippen LogP contribution in [-0.2, 0) is 21.2 Å². The van der Waals surface area contributed by atoms with Crippen molar-refractivity contribution in [2.24, 2.45) is 0 Å². The van der Waals surface area contributed by atoms with Crippen LogP contribution in [0.25, 0.3) is 0 Å². The number of fused-ring (bicyclic) bond motifs is 1. The first-order chi connectivity index (χ1) is 8.95. The van der Waals surface area contributed by atoms with Gasteiger partial charge in [-0.1, -0.05) is 13.0 Å². The molecule has 6 heteroatoms. The van der Waals surface area contributed by atoms with E-state index in [1.807, 2.05) is 6.92 Å². The van der Waals surface area contributed by atoms with Crippen LogP contribution < -0.4 is 9.04 Å². The third kappa shape index (κ3) is 2.89. The molecule has 1 aromatic rings. The maximum atomic E-state index is 11.9. The number of aldehydes is 1. The summed E-state index contributed by atoms with van der Waals surface area (Å²) in [5, 5.41) is 0. The Bertz CT molecular complexity index is 582. The van der Waals surface area contributed by atoms with Gasteiger partial charge < -0.3 is 9.53 Å². The summed E-state index contributed by atoms with van der Waals surface area (Å²) in [6.45, 7) is 2.27. The summed E-state index contributed by atoms with van der Waals surface area (Å²) in [5.74, 6) is 0.554. The normalized spacial score (nSPS) is 18.6. The fraction of sp³-hybridized carbons (Fsp3) is 0.462. The van der Waals surface area contributed by atoms with Gasteiger partial charge in [0.05, 0.1) is 18.5 Å². The van der Waals surface area contributed by atoms with Gasteiger partial charge in [0.2, 0.25) is 10.0 Å². The Morgan fingerprint density at radius 2 is 2.21 bits per heavy atom. The van der Waals surface area contributed by atoms with Crippen molar-refractivity contribution in [1.82, 2.24) is 0 Å². The minimum absolute atomic E-state index is 0.140. The third-order valence-electron chi connectivity index (χ3n) is 3.13. The SMILES string of the molecule is CCC1CN(S(C)(=O)=O)c2cc(CC=O)ccc2O1. The Hall–Kier alpha value is -1.56. The molecule has 0 saturated carbocycles. The Labute approximate surface area is 113 Å². The van der Waals surface area contributed by atoms with Crippen molar-refractivity contribution in [2.75, 3.05) is 17.1 Å². The fourth-order valence-corrected chi connectivity index (χ4v) is 3.04. The van der Waals surface area contributed by atoms with Gasteiger partial charge in [-0.25, -0.2) is 8.42 Å². The quantitative estimate of drug-likeness (QED) is 0.783. The first-order valence-corrected chi connectivity index (χ1v) is 8.01. The second kappa shape index (κ2) is 5.21. The number of rotatable bonds is 4. The lowest BCUT2D eigenvalue weighted by molar-refractivity contribution is -0.107. The van der Waals surface area contributed by atoms with Gasteiger partial charge in [-0.2, -0.15) is 0 Å². The van der Waals surface area contributed by atoms with E-state index in [9.17, 15) is 13.2 Å². The molecule has 1 aromatic carbocycles. The predicted octanol–water partition coefficient (Wildman–Crippen LogP) is 1.36. The van der Waals surface area contributed by atoms with Crippen LogP contribution in [0.15, 0.2) is 18.2 Å². The van der Waals surface area contributed by atoms with E-state index >= 15 is 0 Å². The van der Waals surface area contributed by atoms with Crippen LogP contribution in [0, 0.1) is 0 Å². The molecule has 0 N–H and O–H groups in total. The van der Waals surface area contributed by atoms with Crippen molar-refractivity contribution < 1.29 is 17.9 Å². The molecule has 0 saturated heterocycles. The minimum atomic E-state index is -3.35. The van der Waals surface area contributed by atoms with Gasteiger partial charge >= 0.3 is 0 Å². The smallest absolute Gasteiger partial charge is 0.232 e. The van der Waals surface area contributed by atoms with E-state index < -0.39 is 10.0 Å². The molecule has 5 nitrogen and oxygen atoms in total. The summed E-state index contributed by atoms with van der Waals surface area (Å²) >= 11 is 0. The lowest BCUT2D eigenvalue weighted by atomic mass is 10.1. The molecule has 1 aliphatic heterocycles. The van der Waals surface area contributed by atoms with Crippen LogP contribution in [0.5, 0.6) is 5.75 Å². The molecule has 0 radical (unpaired) electrons. The first kappa shape index (κ1) is 13.9. The van der Waals surface area contributed by atoms with Gasteiger partial charge in [0.15, 0.2) is 0 Å². The average Bonchev–Trinajstić information content (AvgIpc) is 2.36. The zero-order valence-electron chi connectivity index (χ0n) is 11.0. The average molecular weight is 283 g/mol. The van der Waals surface area contributed by atoms with Crippen LogP contribution in [0.2, 0.25) is 0 Å². The molecule has 0 spiro atoms. The van der Waals surface area contributed by atoms with E-state index in [0.29, 0.717) is 18.0 Å². The first-order valence-electron chi connectivity index (χ1n) is 6.16. The van der Waals surface area contributed by atoms with Crippen molar-refractivity contribution in [2.45, 2.75) is 25.9 Å². The second-order valence-electron chi connectivity index (χ2n) is 4.62. The van der Waals surface area contributed by atoms with Crippen LogP contribution >= 0.6 is 0 Å². The van der Waals surface area contributed by atoms with Gasteiger partial charge in [0.25, 0.3) is 0 Å². The lowest BCUT2D eigenvalue weighted by Gasteiger charge is -2.34. The molecular weight excluding hydrogens is 266 g/mol. The van der Waals surface area contributed by atoms with E-state index in [-0.39, 0.29) is 12.5 Å². The molecule has 0 amide bonds. The van der Waals surface area contributed by atoms with E-state index in [4.69, 9.17) is 4.74 Å². The van der Waals surface area contributed by atoms with E-state index in [0.717, 1.165) is 18.3 Å². The summed E-state index contributed by atoms with van der Waals surface area (Å²) in [5.41, 5.74) is 1.30. The Morgan fingerprint density at radius 1 is 1.47 bits per heavy atom. The van der Waals surface area contributed by atoms with Gasteiger partial charge in [-0.05, 0) is 24.1 Å². The zero-order chi connectivity index (χ0) is 14.0. The monoisotopic (exact) mass is 283 g/mol. The van der Waals surface area contributed by atoms with Crippen LogP contribution in [-0.4, -0.2) is 33.6 Å². The van der Waals surface area contributed by atoms with Gasteiger partial charge in [0, 0.05) is 6.42 Å². The lowest BCUT2D eigenvalue weighted by Crippen LogP contribution is -2.42. The van der Waals surface area contributed by atoms with Gasteiger partial charge in [0.1, 0.15) is 18.1 Å². The van der Waals surface area contributed by atoms with Crippen molar-refractivity contribution >= 4 is 22.0 Å². The van der Waals surface area contributed by atoms with Crippen LogP contribution in [0.1, 0.15) is 18.9 Å². The topological polar surface area (TPSA) is 63.7 Å². The summed E-state index contributed by atoms with van der Waals surface area (Å²) < 4.78 is 30.9. The number of benzene rings is 1. The molecule has 1 heterocycles. The highest BCUT2D eigenvalue weighted by atomic mass is 32.2. The van der Waals surface area contributed by atoms with Crippen LogP contribution in [0.3, 0.4) is 0 Å². The molecule has 19 heavy (non-hydrogen) atoms. The Kier molecular flexibility index (Phi) is 3.80. The summed E-state index contributed by atoms with van der Waals surface area (Å²) in [6, 6.07) is 5.22. The number of anilines is 1. The number of nitrogens with zero attached hydrogens (tertiary/aromatic N) is 1. The number of carbonyl (C=O) groups is 1. The third-order valence-corrected chi connectivity index (χ3v) is 4.28. The van der Waals surface area contributed by atoms with E-state index in [1.54, 1.807) is 18.2 Å². The molecule has 2 rings (SSSR count). The van der Waals surface area contributed by atoms with Crippen molar-refractivity contribution in [3.8, 4) is 5.75 Å². The highest BCUT2D eigenvalue weighted by molar-refractivity contribution is 7.92. The maximum absolute atomic E-state index is 11.9. The van der Waals surface area contributed by atoms with Gasteiger partial charge in [-0.15, -0.1) is 0 Å². The standard InChI is InChI=1S/C13H17NO4S/c1-3-11-9-14(19(2,16)17)12-8-10(6-7-15)4-5-13(12)18-11/h4-5,7-8,11H,3,6,9H2,1-2H3. The van der Waals surface area contributed by atoms with Crippen molar-refractivity contribution in [1.29, 1.82) is 0 Å². The maximum Gasteiger partial charge on any atom is 0.232 e. The number of hydrogen-bond acceptors (Lipinski definition) is 4. The second-order valence-corrected chi connectivity index (χ2v) is 6.52. The zero-order valence-corrected chi connectivity index (χ0v) is 11.8. The molecule has 0 bridgehead atoms. The predicted molar refractivity (Wildman–Crippen MR) is 73.1 cm³/mol.